The van der Waals surface area contributed by atoms with E-state index < -0.39 is 0 Å². The highest BCUT2D eigenvalue weighted by atomic mass is 16.2. The van der Waals surface area contributed by atoms with E-state index in [1.54, 1.807) is 14.1 Å². The summed E-state index contributed by atoms with van der Waals surface area (Å²) >= 11 is 0. The van der Waals surface area contributed by atoms with Gasteiger partial charge in [0.2, 0.25) is 11.8 Å². The van der Waals surface area contributed by atoms with Crippen LogP contribution in [0.4, 0.5) is 0 Å². The number of nitrogens with one attached hydrogen (secondary N) is 2. The number of rotatable bonds is 5. The Kier molecular flexibility index (Phi) is 6.05. The highest BCUT2D eigenvalue weighted by Gasteiger charge is 2.00. The van der Waals surface area contributed by atoms with Crippen molar-refractivity contribution in [2.45, 2.75) is 25.7 Å². The monoisotopic (exact) mass is 172 g/mol. The molecule has 0 aliphatic rings. The molecule has 0 radical (unpaired) electrons. The van der Waals surface area contributed by atoms with E-state index in [2.05, 4.69) is 10.6 Å². The first kappa shape index (κ1) is 10.9. The summed E-state index contributed by atoms with van der Waals surface area (Å²) in [7, 11) is 3.22. The zero-order chi connectivity index (χ0) is 9.40. The third-order valence-electron chi connectivity index (χ3n) is 1.62. The Labute approximate surface area is 72.7 Å². The van der Waals surface area contributed by atoms with E-state index in [1.807, 2.05) is 0 Å². The van der Waals surface area contributed by atoms with Crippen molar-refractivity contribution in [2.24, 2.45) is 0 Å². The molecular formula is C8H16N2O2. The Balaban J connectivity index is 3.21. The second-order valence-electron chi connectivity index (χ2n) is 2.55. The maximum atomic E-state index is 10.7. The molecule has 0 spiro atoms. The molecule has 0 aliphatic heterocycles. The number of amides is 2. The Hall–Kier alpha value is -1.06. The van der Waals surface area contributed by atoms with Crippen molar-refractivity contribution < 1.29 is 9.59 Å². The van der Waals surface area contributed by atoms with Gasteiger partial charge < -0.3 is 10.6 Å². The molecule has 0 aromatic heterocycles. The van der Waals surface area contributed by atoms with Gasteiger partial charge in [-0.15, -0.1) is 0 Å². The minimum Gasteiger partial charge on any atom is -0.359 e. The molecule has 12 heavy (non-hydrogen) atoms. The number of unbranched alkanes of at least 4 members (excludes halogenated alkanes) is 1. The number of carbonyl (C=O) groups is 2. The van der Waals surface area contributed by atoms with Gasteiger partial charge in [-0.1, -0.05) is 0 Å². The van der Waals surface area contributed by atoms with E-state index in [9.17, 15) is 9.59 Å². The second-order valence-corrected chi connectivity index (χ2v) is 2.55. The lowest BCUT2D eigenvalue weighted by Crippen LogP contribution is -2.19. The topological polar surface area (TPSA) is 58.2 Å². The Bertz CT molecular complexity index is 139. The third kappa shape index (κ3) is 5.70. The van der Waals surface area contributed by atoms with Gasteiger partial charge in [-0.05, 0) is 12.8 Å². The molecule has 0 aliphatic carbocycles. The summed E-state index contributed by atoms with van der Waals surface area (Å²) in [6.07, 6.45) is 2.56. The van der Waals surface area contributed by atoms with Crippen molar-refractivity contribution in [1.82, 2.24) is 10.6 Å². The van der Waals surface area contributed by atoms with Crippen LogP contribution in [0.1, 0.15) is 25.7 Å². The molecule has 2 amide bonds. The molecule has 4 nitrogen and oxygen atoms in total. The van der Waals surface area contributed by atoms with Crippen molar-refractivity contribution in [3.63, 3.8) is 0 Å². The third-order valence-corrected chi connectivity index (χ3v) is 1.62. The summed E-state index contributed by atoms with van der Waals surface area (Å²) in [6, 6.07) is 0. The molecule has 0 unspecified atom stereocenters. The summed E-state index contributed by atoms with van der Waals surface area (Å²) in [6.45, 7) is 0. The van der Waals surface area contributed by atoms with Crippen LogP contribution in [-0.4, -0.2) is 25.9 Å². The van der Waals surface area contributed by atoms with Crippen molar-refractivity contribution in [1.29, 1.82) is 0 Å². The Morgan fingerprint density at radius 1 is 0.917 bits per heavy atom. The van der Waals surface area contributed by atoms with Gasteiger partial charge in [-0.2, -0.15) is 0 Å². The van der Waals surface area contributed by atoms with Gasteiger partial charge in [0.25, 0.3) is 0 Å². The number of hydrogen-bond acceptors (Lipinski definition) is 2. The van der Waals surface area contributed by atoms with Crippen LogP contribution in [0.15, 0.2) is 0 Å². The van der Waals surface area contributed by atoms with E-state index in [0.717, 1.165) is 12.8 Å². The molecular weight excluding hydrogens is 156 g/mol. The van der Waals surface area contributed by atoms with Crippen molar-refractivity contribution in [3.8, 4) is 0 Å². The molecule has 0 rings (SSSR count). The van der Waals surface area contributed by atoms with Crippen LogP contribution in [0, 0.1) is 0 Å². The lowest BCUT2D eigenvalue weighted by atomic mass is 10.2. The fourth-order valence-corrected chi connectivity index (χ4v) is 0.821. The first-order valence-electron chi connectivity index (χ1n) is 4.12. The quantitative estimate of drug-likeness (QED) is 0.575. The highest BCUT2D eigenvalue weighted by molar-refractivity contribution is 5.76. The van der Waals surface area contributed by atoms with E-state index in [1.165, 1.54) is 0 Å². The zero-order valence-corrected chi connectivity index (χ0v) is 7.64. The van der Waals surface area contributed by atoms with Crippen LogP contribution < -0.4 is 10.6 Å². The summed E-state index contributed by atoms with van der Waals surface area (Å²) in [5, 5.41) is 5.06. The first-order chi connectivity index (χ1) is 5.70. The lowest BCUT2D eigenvalue weighted by Gasteiger charge is -1.99. The fraction of sp³-hybridized carbons (Fsp3) is 0.750. The summed E-state index contributed by atoms with van der Waals surface area (Å²) in [5.74, 6) is 0.0683. The van der Waals surface area contributed by atoms with Crippen LogP contribution in [0.3, 0.4) is 0 Å². The zero-order valence-electron chi connectivity index (χ0n) is 7.64. The largest absolute Gasteiger partial charge is 0.359 e. The van der Waals surface area contributed by atoms with Crippen LogP contribution in [0.25, 0.3) is 0 Å². The fourth-order valence-electron chi connectivity index (χ4n) is 0.821. The Morgan fingerprint density at radius 2 is 1.25 bits per heavy atom. The average Bonchev–Trinajstić information content (AvgIpc) is 2.11. The molecule has 4 heteroatoms. The lowest BCUT2D eigenvalue weighted by molar-refractivity contribution is -0.122. The molecule has 0 bridgehead atoms. The smallest absolute Gasteiger partial charge is 0.219 e. The van der Waals surface area contributed by atoms with Crippen molar-refractivity contribution >= 4 is 11.8 Å². The molecule has 2 N–H and O–H groups in total. The first-order valence-corrected chi connectivity index (χ1v) is 4.12. The van der Waals surface area contributed by atoms with Crippen LogP contribution >= 0.6 is 0 Å². The van der Waals surface area contributed by atoms with Crippen molar-refractivity contribution in [2.75, 3.05) is 14.1 Å². The molecule has 0 aromatic rings. The molecule has 0 aromatic carbocycles. The van der Waals surface area contributed by atoms with Crippen LogP contribution in [0.5, 0.6) is 0 Å². The maximum absolute atomic E-state index is 10.7. The number of carbonyl (C=O) groups excluding carboxylic acids is 2. The molecule has 0 heterocycles. The predicted octanol–water partition coefficient (Wildman–Crippen LogP) is 0.0388. The van der Waals surface area contributed by atoms with E-state index in [0.29, 0.717) is 12.8 Å². The summed E-state index contributed by atoms with van der Waals surface area (Å²) in [4.78, 5) is 21.4. The normalized spacial score (nSPS) is 9.17. The highest BCUT2D eigenvalue weighted by Crippen LogP contribution is 1.98. The van der Waals surface area contributed by atoms with Gasteiger partial charge in [0, 0.05) is 26.9 Å². The molecule has 0 saturated heterocycles. The van der Waals surface area contributed by atoms with Crippen molar-refractivity contribution in [3.05, 3.63) is 0 Å². The molecule has 0 fully saturated rings. The predicted molar refractivity (Wildman–Crippen MR) is 46.6 cm³/mol. The molecule has 0 saturated carbocycles. The standard InChI is InChI=1S/C8H16N2O2/c1-9-7(11)5-3-4-6-8(12)10-2/h3-6H2,1-2H3,(H,9,11)(H,10,12). The van der Waals surface area contributed by atoms with Gasteiger partial charge in [-0.3, -0.25) is 9.59 Å². The van der Waals surface area contributed by atoms with Gasteiger partial charge in [0.1, 0.15) is 0 Å². The summed E-state index contributed by atoms with van der Waals surface area (Å²) in [5.41, 5.74) is 0. The summed E-state index contributed by atoms with van der Waals surface area (Å²) < 4.78 is 0. The van der Waals surface area contributed by atoms with E-state index in [-0.39, 0.29) is 11.8 Å². The maximum Gasteiger partial charge on any atom is 0.219 e. The minimum atomic E-state index is 0.0342. The van der Waals surface area contributed by atoms with Crippen LogP contribution in [0.2, 0.25) is 0 Å². The van der Waals surface area contributed by atoms with Gasteiger partial charge >= 0.3 is 0 Å². The van der Waals surface area contributed by atoms with Gasteiger partial charge in [0.05, 0.1) is 0 Å². The van der Waals surface area contributed by atoms with Gasteiger partial charge in [-0.25, -0.2) is 0 Å². The molecule has 0 atom stereocenters. The van der Waals surface area contributed by atoms with E-state index in [4.69, 9.17) is 0 Å². The SMILES string of the molecule is CNC(=O)CCCCC(=O)NC. The number of hydrogen-bond donors (Lipinski definition) is 2. The second kappa shape index (κ2) is 6.64. The van der Waals surface area contributed by atoms with Gasteiger partial charge in [0.15, 0.2) is 0 Å². The van der Waals surface area contributed by atoms with Crippen LogP contribution in [-0.2, 0) is 9.59 Å². The molecule has 70 valence electrons. The van der Waals surface area contributed by atoms with E-state index >= 15 is 0 Å². The Morgan fingerprint density at radius 3 is 1.50 bits per heavy atom. The average molecular weight is 172 g/mol. The minimum absolute atomic E-state index is 0.0342.